The molecule has 7 heteroatoms. The van der Waals surface area contributed by atoms with E-state index in [0.717, 1.165) is 29.2 Å². The summed E-state index contributed by atoms with van der Waals surface area (Å²) in [6.45, 7) is 1.71. The Balaban J connectivity index is 0.00000288. The van der Waals surface area contributed by atoms with Gasteiger partial charge < -0.3 is 15.5 Å². The number of nitrogens with zero attached hydrogens (tertiary/aromatic N) is 3. The van der Waals surface area contributed by atoms with Crippen molar-refractivity contribution in [2.75, 3.05) is 32.6 Å². The van der Waals surface area contributed by atoms with Crippen LogP contribution in [0.4, 0.5) is 5.13 Å². The third-order valence-corrected chi connectivity index (χ3v) is 5.45. The van der Waals surface area contributed by atoms with Crippen molar-refractivity contribution >= 4 is 46.4 Å². The van der Waals surface area contributed by atoms with Gasteiger partial charge in [0.25, 0.3) is 0 Å². The van der Waals surface area contributed by atoms with Gasteiger partial charge in [0, 0.05) is 33.1 Å². The Morgan fingerprint density at radius 1 is 1.29 bits per heavy atom. The van der Waals surface area contributed by atoms with E-state index in [1.165, 1.54) is 44.9 Å². The number of rotatable bonds is 7. The van der Waals surface area contributed by atoms with Crippen LogP contribution in [0.2, 0.25) is 0 Å². The van der Waals surface area contributed by atoms with Gasteiger partial charge >= 0.3 is 0 Å². The summed E-state index contributed by atoms with van der Waals surface area (Å²) >= 11 is 1.67. The van der Waals surface area contributed by atoms with Crippen molar-refractivity contribution in [2.24, 2.45) is 10.9 Å². The van der Waals surface area contributed by atoms with Gasteiger partial charge in [-0.15, -0.1) is 35.3 Å². The molecule has 0 saturated heterocycles. The fraction of sp³-hybridized carbons (Fsp3) is 0.765. The number of hydrogen-bond acceptors (Lipinski definition) is 4. The molecule has 1 heterocycles. The minimum Gasteiger partial charge on any atom is -0.356 e. The number of halogens is 1. The summed E-state index contributed by atoms with van der Waals surface area (Å²) in [5.41, 5.74) is 1.06. The predicted molar refractivity (Wildman–Crippen MR) is 116 cm³/mol. The van der Waals surface area contributed by atoms with Gasteiger partial charge in [-0.3, -0.25) is 4.99 Å². The Hall–Kier alpha value is -0.570. The maximum absolute atomic E-state index is 4.57. The summed E-state index contributed by atoms with van der Waals surface area (Å²) in [5.74, 6) is 1.83. The van der Waals surface area contributed by atoms with Crippen LogP contribution in [0.5, 0.6) is 0 Å². The van der Waals surface area contributed by atoms with Gasteiger partial charge in [-0.05, 0) is 18.8 Å². The lowest BCUT2D eigenvalue weighted by atomic mass is 9.86. The molecule has 1 saturated carbocycles. The summed E-state index contributed by atoms with van der Waals surface area (Å²) in [4.78, 5) is 10.9. The molecule has 2 N–H and O–H groups in total. The lowest BCUT2D eigenvalue weighted by Crippen LogP contribution is -2.37. The zero-order valence-electron chi connectivity index (χ0n) is 15.2. The number of guanidine groups is 1. The average molecular weight is 465 g/mol. The Morgan fingerprint density at radius 2 is 2.04 bits per heavy atom. The fourth-order valence-electron chi connectivity index (χ4n) is 3.05. The third kappa shape index (κ3) is 7.55. The first kappa shape index (κ1) is 21.5. The van der Waals surface area contributed by atoms with Gasteiger partial charge in [0.05, 0.1) is 12.2 Å². The lowest BCUT2D eigenvalue weighted by molar-refractivity contribution is 0.332. The first-order valence-corrected chi connectivity index (χ1v) is 9.63. The highest BCUT2D eigenvalue weighted by Crippen LogP contribution is 2.26. The van der Waals surface area contributed by atoms with E-state index in [9.17, 15) is 0 Å². The summed E-state index contributed by atoms with van der Waals surface area (Å²) in [6, 6.07) is 0. The van der Waals surface area contributed by atoms with E-state index in [4.69, 9.17) is 0 Å². The van der Waals surface area contributed by atoms with Crippen LogP contribution in [0.25, 0.3) is 0 Å². The normalized spacial score (nSPS) is 15.7. The molecule has 0 bridgehead atoms. The van der Waals surface area contributed by atoms with E-state index >= 15 is 0 Å². The molecule has 5 nitrogen and oxygen atoms in total. The quantitative estimate of drug-likeness (QED) is 0.278. The zero-order chi connectivity index (χ0) is 16.5. The van der Waals surface area contributed by atoms with Crippen molar-refractivity contribution in [3.8, 4) is 0 Å². The molecule has 0 spiro atoms. The van der Waals surface area contributed by atoms with E-state index < -0.39 is 0 Å². The van der Waals surface area contributed by atoms with Crippen LogP contribution >= 0.6 is 35.3 Å². The topological polar surface area (TPSA) is 52.6 Å². The molecular weight excluding hydrogens is 433 g/mol. The van der Waals surface area contributed by atoms with E-state index in [2.05, 4.69) is 26.0 Å². The highest BCUT2D eigenvalue weighted by Gasteiger charge is 2.12. The van der Waals surface area contributed by atoms with Gasteiger partial charge in [0.1, 0.15) is 0 Å². The number of nitrogens with one attached hydrogen (secondary N) is 2. The molecule has 24 heavy (non-hydrogen) atoms. The fourth-order valence-corrected chi connectivity index (χ4v) is 3.81. The van der Waals surface area contributed by atoms with E-state index in [1.807, 2.05) is 26.0 Å². The average Bonchev–Trinajstić information content (AvgIpc) is 3.04. The van der Waals surface area contributed by atoms with Gasteiger partial charge in [-0.25, -0.2) is 4.98 Å². The molecule has 1 aromatic rings. The molecule has 2 rings (SSSR count). The van der Waals surface area contributed by atoms with E-state index in [-0.39, 0.29) is 24.0 Å². The number of aliphatic imine (C=N–C) groups is 1. The highest BCUT2D eigenvalue weighted by molar-refractivity contribution is 14.0. The molecule has 0 unspecified atom stereocenters. The Labute approximate surface area is 167 Å². The van der Waals surface area contributed by atoms with Gasteiger partial charge in [-0.1, -0.05) is 32.1 Å². The Kier molecular flexibility index (Phi) is 10.6. The SMILES string of the molecule is CN=C(NCCCC1CCCCC1)NCc1csc(N(C)C)n1.I. The lowest BCUT2D eigenvalue weighted by Gasteiger charge is -2.21. The van der Waals surface area contributed by atoms with E-state index in [0.29, 0.717) is 6.54 Å². The second kappa shape index (κ2) is 11.9. The molecule has 1 aliphatic rings. The Morgan fingerprint density at radius 3 is 2.67 bits per heavy atom. The van der Waals surface area contributed by atoms with Gasteiger partial charge in [-0.2, -0.15) is 0 Å². The number of thiazole rings is 1. The van der Waals surface area contributed by atoms with Crippen molar-refractivity contribution < 1.29 is 0 Å². The van der Waals surface area contributed by atoms with Crippen molar-refractivity contribution in [1.82, 2.24) is 15.6 Å². The number of aromatic nitrogens is 1. The molecule has 1 fully saturated rings. The maximum atomic E-state index is 4.57. The minimum absolute atomic E-state index is 0. The molecule has 0 aliphatic heterocycles. The molecular formula is C17H32IN5S. The molecule has 0 atom stereocenters. The second-order valence-electron chi connectivity index (χ2n) is 6.51. The van der Waals surface area contributed by atoms with Crippen LogP contribution in [0.15, 0.2) is 10.4 Å². The predicted octanol–water partition coefficient (Wildman–Crippen LogP) is 3.85. The van der Waals surface area contributed by atoms with Crippen molar-refractivity contribution in [2.45, 2.75) is 51.5 Å². The minimum atomic E-state index is 0. The maximum Gasteiger partial charge on any atom is 0.191 e. The summed E-state index contributed by atoms with van der Waals surface area (Å²) < 4.78 is 0. The standard InChI is InChI=1S/C17H31N5S.HI/c1-18-16(19-11-7-10-14-8-5-4-6-9-14)20-12-15-13-23-17(21-15)22(2)3;/h13-14H,4-12H2,1-3H3,(H2,18,19,20);1H. The zero-order valence-corrected chi connectivity index (χ0v) is 18.3. The van der Waals surface area contributed by atoms with E-state index in [1.54, 1.807) is 11.3 Å². The van der Waals surface area contributed by atoms with Gasteiger partial charge in [0.15, 0.2) is 11.1 Å². The first-order valence-electron chi connectivity index (χ1n) is 8.75. The number of anilines is 1. The smallest absolute Gasteiger partial charge is 0.191 e. The molecule has 138 valence electrons. The molecule has 0 aromatic carbocycles. The summed E-state index contributed by atoms with van der Waals surface area (Å²) in [5, 5.41) is 9.89. The summed E-state index contributed by atoms with van der Waals surface area (Å²) in [6.07, 6.45) is 9.76. The third-order valence-electron chi connectivity index (χ3n) is 4.39. The second-order valence-corrected chi connectivity index (χ2v) is 7.35. The van der Waals surface area contributed by atoms with Gasteiger partial charge in [0.2, 0.25) is 0 Å². The van der Waals surface area contributed by atoms with Crippen molar-refractivity contribution in [3.05, 3.63) is 11.1 Å². The molecule has 0 amide bonds. The van der Waals surface area contributed by atoms with Crippen LogP contribution in [0, 0.1) is 5.92 Å². The molecule has 0 radical (unpaired) electrons. The van der Waals surface area contributed by atoms with Crippen molar-refractivity contribution in [1.29, 1.82) is 0 Å². The first-order chi connectivity index (χ1) is 11.2. The molecule has 1 aliphatic carbocycles. The van der Waals surface area contributed by atoms with Crippen LogP contribution in [0.3, 0.4) is 0 Å². The van der Waals surface area contributed by atoms with Crippen LogP contribution in [-0.4, -0.2) is 38.6 Å². The van der Waals surface area contributed by atoms with Crippen LogP contribution in [0.1, 0.15) is 50.6 Å². The molecule has 1 aromatic heterocycles. The Bertz CT molecular complexity index is 483. The van der Waals surface area contributed by atoms with Crippen LogP contribution in [-0.2, 0) is 6.54 Å². The number of hydrogen-bond donors (Lipinski definition) is 2. The van der Waals surface area contributed by atoms with Crippen LogP contribution < -0.4 is 15.5 Å². The largest absolute Gasteiger partial charge is 0.356 e. The van der Waals surface area contributed by atoms with Crippen molar-refractivity contribution in [3.63, 3.8) is 0 Å². The summed E-state index contributed by atoms with van der Waals surface area (Å²) in [7, 11) is 5.86. The monoisotopic (exact) mass is 465 g/mol. The highest BCUT2D eigenvalue weighted by atomic mass is 127.